The highest BCUT2D eigenvalue weighted by Crippen LogP contribution is 2.19. The van der Waals surface area contributed by atoms with Gasteiger partial charge in [0.15, 0.2) is 0 Å². The Morgan fingerprint density at radius 1 is 1.08 bits per heavy atom. The molecule has 5 nitrogen and oxygen atoms in total. The van der Waals surface area contributed by atoms with Gasteiger partial charge in [-0.25, -0.2) is 0 Å². The summed E-state index contributed by atoms with van der Waals surface area (Å²) in [5, 5.41) is 5.64. The molecule has 1 aliphatic rings. The zero-order valence-electron chi connectivity index (χ0n) is 15.0. The Bertz CT molecular complexity index is 578. The molecule has 0 aromatic heterocycles. The maximum atomic E-state index is 12.1. The summed E-state index contributed by atoms with van der Waals surface area (Å²) >= 11 is 0. The van der Waals surface area contributed by atoms with E-state index in [2.05, 4.69) is 29.4 Å². The van der Waals surface area contributed by atoms with E-state index in [1.165, 1.54) is 19.3 Å². The van der Waals surface area contributed by atoms with Gasteiger partial charge in [-0.2, -0.15) is 0 Å². The van der Waals surface area contributed by atoms with Crippen LogP contribution in [0.25, 0.3) is 0 Å². The van der Waals surface area contributed by atoms with Crippen LogP contribution in [0.2, 0.25) is 0 Å². The van der Waals surface area contributed by atoms with Gasteiger partial charge in [0.25, 0.3) is 5.91 Å². The number of hydrogen-bond donors (Lipinski definition) is 2. The molecule has 0 radical (unpaired) electrons. The molecule has 2 rings (SSSR count). The second-order valence-electron chi connectivity index (χ2n) is 7.13. The lowest BCUT2D eigenvalue weighted by Gasteiger charge is -2.41. The highest BCUT2D eigenvalue weighted by molar-refractivity contribution is 5.97. The quantitative estimate of drug-likeness (QED) is 0.839. The first-order valence-corrected chi connectivity index (χ1v) is 8.76. The lowest BCUT2D eigenvalue weighted by Crippen LogP contribution is -2.54. The minimum absolute atomic E-state index is 0.00322. The van der Waals surface area contributed by atoms with Gasteiger partial charge in [0.2, 0.25) is 5.91 Å². The van der Waals surface area contributed by atoms with Crippen LogP contribution >= 0.6 is 0 Å². The number of nitrogens with one attached hydrogen (secondary N) is 2. The zero-order chi connectivity index (χ0) is 17.6. The van der Waals surface area contributed by atoms with Crippen molar-refractivity contribution in [2.24, 2.45) is 0 Å². The van der Waals surface area contributed by atoms with E-state index in [0.717, 1.165) is 18.7 Å². The molecule has 0 atom stereocenters. The molecule has 1 fully saturated rings. The van der Waals surface area contributed by atoms with E-state index in [1.807, 2.05) is 25.1 Å². The number of carbonyl (C=O) groups is 2. The van der Waals surface area contributed by atoms with Crippen molar-refractivity contribution in [3.05, 3.63) is 35.4 Å². The van der Waals surface area contributed by atoms with E-state index in [1.54, 1.807) is 6.07 Å². The Balaban J connectivity index is 1.77. The molecule has 1 aliphatic heterocycles. The second-order valence-corrected chi connectivity index (χ2v) is 7.13. The number of carbonyl (C=O) groups excluding carboxylic acids is 2. The molecule has 0 spiro atoms. The van der Waals surface area contributed by atoms with Crippen LogP contribution in [-0.4, -0.2) is 48.4 Å². The summed E-state index contributed by atoms with van der Waals surface area (Å²) in [5.74, 6) is -0.361. The Kier molecular flexibility index (Phi) is 6.37. The number of likely N-dealkylation sites (tertiary alicyclic amines) is 1. The van der Waals surface area contributed by atoms with Crippen molar-refractivity contribution < 1.29 is 9.59 Å². The second kappa shape index (κ2) is 8.29. The van der Waals surface area contributed by atoms with Crippen LogP contribution in [0.15, 0.2) is 24.3 Å². The highest BCUT2D eigenvalue weighted by Gasteiger charge is 2.28. The van der Waals surface area contributed by atoms with Crippen molar-refractivity contribution in [1.82, 2.24) is 15.5 Å². The molecule has 5 heteroatoms. The normalized spacial score (nSPS) is 15.8. The van der Waals surface area contributed by atoms with Crippen LogP contribution in [0.1, 0.15) is 49.0 Å². The average Bonchev–Trinajstić information content (AvgIpc) is 2.59. The lowest BCUT2D eigenvalue weighted by atomic mass is 9.98. The van der Waals surface area contributed by atoms with Gasteiger partial charge in [-0.05, 0) is 58.3 Å². The Morgan fingerprint density at radius 2 is 1.75 bits per heavy atom. The van der Waals surface area contributed by atoms with Crippen LogP contribution in [0.3, 0.4) is 0 Å². The Morgan fingerprint density at radius 3 is 2.42 bits per heavy atom. The third-order valence-electron chi connectivity index (χ3n) is 4.73. The predicted octanol–water partition coefficient (Wildman–Crippen LogP) is 2.11. The molecule has 132 valence electrons. The summed E-state index contributed by atoms with van der Waals surface area (Å²) < 4.78 is 0. The van der Waals surface area contributed by atoms with Gasteiger partial charge in [0, 0.05) is 17.6 Å². The third-order valence-corrected chi connectivity index (χ3v) is 4.73. The van der Waals surface area contributed by atoms with Gasteiger partial charge >= 0.3 is 0 Å². The molecule has 1 heterocycles. The molecule has 1 saturated heterocycles. The lowest BCUT2D eigenvalue weighted by molar-refractivity contribution is -0.120. The Hall–Kier alpha value is -1.88. The van der Waals surface area contributed by atoms with Crippen molar-refractivity contribution in [2.75, 3.05) is 26.2 Å². The number of aryl methyl sites for hydroxylation is 1. The zero-order valence-corrected chi connectivity index (χ0v) is 15.0. The topological polar surface area (TPSA) is 61.4 Å². The van der Waals surface area contributed by atoms with Gasteiger partial charge < -0.3 is 10.6 Å². The standard InChI is InChI=1S/C19H29N3O2/c1-15-9-5-6-10-16(15)18(24)20-13-17(23)21-14-19(2,3)22-11-7-4-8-12-22/h5-6,9-10H,4,7-8,11-14H2,1-3H3,(H,20,24)(H,21,23). The largest absolute Gasteiger partial charge is 0.353 e. The van der Waals surface area contributed by atoms with Crippen LogP contribution in [0.4, 0.5) is 0 Å². The summed E-state index contributed by atoms with van der Waals surface area (Å²) in [7, 11) is 0. The van der Waals surface area contributed by atoms with Gasteiger partial charge in [-0.3, -0.25) is 14.5 Å². The molecule has 0 saturated carbocycles. The van der Waals surface area contributed by atoms with Crippen molar-refractivity contribution in [3.8, 4) is 0 Å². The first-order valence-electron chi connectivity index (χ1n) is 8.76. The number of amides is 2. The minimum atomic E-state index is -0.210. The van der Waals surface area contributed by atoms with Crippen molar-refractivity contribution >= 4 is 11.8 Å². The van der Waals surface area contributed by atoms with E-state index in [9.17, 15) is 9.59 Å². The van der Waals surface area contributed by atoms with Crippen LogP contribution < -0.4 is 10.6 Å². The van der Waals surface area contributed by atoms with Crippen LogP contribution in [0.5, 0.6) is 0 Å². The maximum Gasteiger partial charge on any atom is 0.251 e. The summed E-state index contributed by atoms with van der Waals surface area (Å²) in [6, 6.07) is 7.36. The summed E-state index contributed by atoms with van der Waals surface area (Å²) in [5.41, 5.74) is 1.46. The summed E-state index contributed by atoms with van der Waals surface area (Å²) in [4.78, 5) is 26.6. The summed E-state index contributed by atoms with van der Waals surface area (Å²) in [6.07, 6.45) is 3.75. The number of piperidine rings is 1. The molecule has 2 amide bonds. The van der Waals surface area contributed by atoms with Crippen LogP contribution in [-0.2, 0) is 4.79 Å². The fraction of sp³-hybridized carbons (Fsp3) is 0.579. The molecular weight excluding hydrogens is 302 g/mol. The van der Waals surface area contributed by atoms with E-state index in [0.29, 0.717) is 12.1 Å². The van der Waals surface area contributed by atoms with Crippen molar-refractivity contribution in [3.63, 3.8) is 0 Å². The van der Waals surface area contributed by atoms with Crippen LogP contribution in [0, 0.1) is 6.92 Å². The van der Waals surface area contributed by atoms with Gasteiger partial charge in [0.05, 0.1) is 6.54 Å². The average molecular weight is 331 g/mol. The summed E-state index contributed by atoms with van der Waals surface area (Å²) in [6.45, 7) is 8.97. The Labute approximate surface area is 144 Å². The highest BCUT2D eigenvalue weighted by atomic mass is 16.2. The SMILES string of the molecule is Cc1ccccc1C(=O)NCC(=O)NCC(C)(C)N1CCCCC1. The first-order chi connectivity index (χ1) is 11.4. The molecule has 0 unspecified atom stereocenters. The number of benzene rings is 1. The monoisotopic (exact) mass is 331 g/mol. The minimum Gasteiger partial charge on any atom is -0.353 e. The molecule has 2 N–H and O–H groups in total. The van der Waals surface area contributed by atoms with Gasteiger partial charge in [0.1, 0.15) is 0 Å². The number of rotatable bonds is 6. The molecular formula is C19H29N3O2. The molecule has 1 aromatic carbocycles. The maximum absolute atomic E-state index is 12.1. The smallest absolute Gasteiger partial charge is 0.251 e. The molecule has 0 bridgehead atoms. The molecule has 1 aromatic rings. The molecule has 0 aliphatic carbocycles. The fourth-order valence-corrected chi connectivity index (χ4v) is 3.07. The van der Waals surface area contributed by atoms with Crippen molar-refractivity contribution in [1.29, 1.82) is 0 Å². The fourth-order valence-electron chi connectivity index (χ4n) is 3.07. The van der Waals surface area contributed by atoms with E-state index >= 15 is 0 Å². The van der Waals surface area contributed by atoms with E-state index in [4.69, 9.17) is 0 Å². The number of nitrogens with zero attached hydrogens (tertiary/aromatic N) is 1. The number of hydrogen-bond acceptors (Lipinski definition) is 3. The molecule has 24 heavy (non-hydrogen) atoms. The van der Waals surface area contributed by atoms with Crippen molar-refractivity contribution in [2.45, 2.75) is 45.6 Å². The van der Waals surface area contributed by atoms with Gasteiger partial charge in [-0.1, -0.05) is 24.6 Å². The van der Waals surface area contributed by atoms with Gasteiger partial charge in [-0.15, -0.1) is 0 Å². The predicted molar refractivity (Wildman–Crippen MR) is 96.0 cm³/mol. The van der Waals surface area contributed by atoms with E-state index < -0.39 is 0 Å². The third kappa shape index (κ3) is 5.06. The first kappa shape index (κ1) is 18.5. The van der Waals surface area contributed by atoms with E-state index in [-0.39, 0.29) is 23.9 Å².